The molecule has 0 unspecified atom stereocenters. The van der Waals surface area contributed by atoms with Crippen LogP contribution in [0.25, 0.3) is 0 Å². The van der Waals surface area contributed by atoms with Gasteiger partial charge < -0.3 is 0 Å². The fourth-order valence-electron chi connectivity index (χ4n) is 0. The van der Waals surface area contributed by atoms with E-state index in [2.05, 4.69) is 0 Å². The quantitative estimate of drug-likeness (QED) is 0.419. The summed E-state index contributed by atoms with van der Waals surface area (Å²) in [5, 5.41) is 0. The average molecular weight is 150 g/mol. The summed E-state index contributed by atoms with van der Waals surface area (Å²) in [6.45, 7) is 0. The van der Waals surface area contributed by atoms with E-state index < -0.39 is 0 Å². The predicted molar refractivity (Wildman–Crippen MR) is 8.52 cm³/mol. The average Bonchev–Trinajstić information content (AvgIpc) is 1.50. The first-order valence-electron chi connectivity index (χ1n) is 0.309. The van der Waals surface area contributed by atoms with E-state index in [1.807, 2.05) is 0 Å². The van der Waals surface area contributed by atoms with Crippen LogP contribution >= 0.6 is 0 Å². The normalized spacial score (nSPS) is 1.60. The molecule has 0 radical (unpaired) electrons. The van der Waals surface area contributed by atoms with E-state index in [4.69, 9.17) is 7.67 Å². The van der Waals surface area contributed by atoms with Crippen molar-refractivity contribution < 1.29 is 39.6 Å². The van der Waals surface area contributed by atoms with Crippen molar-refractivity contribution in [2.75, 3.05) is 0 Å². The second-order valence-electron chi connectivity index (χ2n) is 0. The van der Waals surface area contributed by atoms with E-state index >= 15 is 0 Å². The van der Waals surface area contributed by atoms with E-state index in [9.17, 15) is 0 Å². The summed E-state index contributed by atoms with van der Waals surface area (Å²) in [5.74, 6) is 0. The SMILES string of the molecule is [LiH].[O]=[Mn].[O]=[Mn]. The van der Waals surface area contributed by atoms with E-state index in [1.54, 1.807) is 31.9 Å². The molecule has 0 N–H and O–H groups in total. The van der Waals surface area contributed by atoms with Crippen molar-refractivity contribution in [3.05, 3.63) is 0 Å². The number of hydrogen-bond acceptors (Lipinski definition) is 2. The Hall–Kier alpha value is 1.24. The molecular formula is HLiMn2O2. The number of hydrogen-bond donors (Lipinski definition) is 0. The zero-order valence-electron chi connectivity index (χ0n) is 1.57. The molecule has 0 bridgehead atoms. The molecule has 0 fully saturated rings. The van der Waals surface area contributed by atoms with Crippen LogP contribution in [0.1, 0.15) is 0 Å². The van der Waals surface area contributed by atoms with Crippen LogP contribution in [0.5, 0.6) is 0 Å². The molecule has 0 saturated heterocycles. The van der Waals surface area contributed by atoms with Crippen LogP contribution in [0.2, 0.25) is 0 Å². The summed E-state index contributed by atoms with van der Waals surface area (Å²) in [4.78, 5) is 0. The molecule has 2 nitrogen and oxygen atoms in total. The maximum absolute atomic E-state index is 8.06. The minimum atomic E-state index is 0. The Morgan fingerprint density at radius 3 is 0.800 bits per heavy atom. The van der Waals surface area contributed by atoms with E-state index in [1.165, 1.54) is 0 Å². The van der Waals surface area contributed by atoms with Gasteiger partial charge in [-0.25, -0.2) is 0 Å². The van der Waals surface area contributed by atoms with Crippen molar-refractivity contribution in [2.24, 2.45) is 0 Å². The standard InChI is InChI=1S/Li.2Mn.2O.H. The Bertz CT molecular complexity index is 9.61. The van der Waals surface area contributed by atoms with Crippen molar-refractivity contribution in [3.8, 4) is 0 Å². The molecular weight excluding hydrogens is 149 g/mol. The van der Waals surface area contributed by atoms with Crippen molar-refractivity contribution in [2.45, 2.75) is 0 Å². The van der Waals surface area contributed by atoms with Gasteiger partial charge in [0.2, 0.25) is 0 Å². The Balaban J connectivity index is -0.0000000133. The molecule has 0 aliphatic heterocycles. The molecule has 0 aliphatic carbocycles. The fraction of sp³-hybridized carbons (Fsp3) is 0. The molecule has 0 aliphatic rings. The van der Waals surface area contributed by atoms with Crippen LogP contribution in [0, 0.1) is 0 Å². The van der Waals surface area contributed by atoms with Crippen LogP contribution in [-0.4, -0.2) is 18.9 Å². The molecule has 5 heteroatoms. The van der Waals surface area contributed by atoms with E-state index in [0.717, 1.165) is 0 Å². The summed E-state index contributed by atoms with van der Waals surface area (Å²) in [6.07, 6.45) is 0. The fourth-order valence-corrected chi connectivity index (χ4v) is 0. The molecule has 0 aromatic carbocycles. The van der Waals surface area contributed by atoms with Gasteiger partial charge in [-0.1, -0.05) is 0 Å². The van der Waals surface area contributed by atoms with Gasteiger partial charge >= 0.3 is 58.4 Å². The molecule has 0 spiro atoms. The second-order valence-corrected chi connectivity index (χ2v) is 0. The summed E-state index contributed by atoms with van der Waals surface area (Å²) < 4.78 is 16.1. The molecule has 0 aromatic heterocycles. The third-order valence-corrected chi connectivity index (χ3v) is 0. The van der Waals surface area contributed by atoms with Crippen LogP contribution < -0.4 is 0 Å². The van der Waals surface area contributed by atoms with Crippen molar-refractivity contribution >= 4 is 18.9 Å². The predicted octanol–water partition coefficient (Wildman–Crippen LogP) is -0.891. The van der Waals surface area contributed by atoms with Gasteiger partial charge in [0.15, 0.2) is 0 Å². The number of rotatable bonds is 0. The van der Waals surface area contributed by atoms with Gasteiger partial charge in [-0.3, -0.25) is 0 Å². The van der Waals surface area contributed by atoms with Gasteiger partial charge in [-0.2, -0.15) is 0 Å². The van der Waals surface area contributed by atoms with Crippen molar-refractivity contribution in [1.82, 2.24) is 0 Å². The van der Waals surface area contributed by atoms with Gasteiger partial charge in [-0.15, -0.1) is 0 Å². The minimum absolute atomic E-state index is 0. The maximum atomic E-state index is 8.06. The first-order valence-corrected chi connectivity index (χ1v) is 1.27. The molecule has 0 heterocycles. The molecule has 0 amide bonds. The first-order chi connectivity index (χ1) is 2.00. The van der Waals surface area contributed by atoms with E-state index in [0.29, 0.717) is 0 Å². The third kappa shape index (κ3) is 35.9. The Kier molecular flexibility index (Phi) is 201. The molecule has 0 rings (SSSR count). The first kappa shape index (κ1) is 16.3. The Morgan fingerprint density at radius 2 is 0.800 bits per heavy atom. The van der Waals surface area contributed by atoms with Gasteiger partial charge in [0.25, 0.3) is 0 Å². The van der Waals surface area contributed by atoms with Crippen LogP contribution in [0.4, 0.5) is 0 Å². The van der Waals surface area contributed by atoms with Gasteiger partial charge in [-0.05, 0) is 0 Å². The molecule has 0 aromatic rings. The Morgan fingerprint density at radius 1 is 0.800 bits per heavy atom. The van der Waals surface area contributed by atoms with Gasteiger partial charge in [0.05, 0.1) is 0 Å². The summed E-state index contributed by atoms with van der Waals surface area (Å²) in [7, 11) is 0. The zero-order chi connectivity index (χ0) is 4.00. The molecule has 0 saturated carbocycles. The van der Waals surface area contributed by atoms with Crippen LogP contribution in [0.15, 0.2) is 0 Å². The van der Waals surface area contributed by atoms with Crippen molar-refractivity contribution in [3.63, 3.8) is 0 Å². The Labute approximate surface area is 58.3 Å². The van der Waals surface area contributed by atoms with Crippen molar-refractivity contribution in [1.29, 1.82) is 0 Å². The summed E-state index contributed by atoms with van der Waals surface area (Å²) in [6, 6.07) is 0. The second kappa shape index (κ2) is 61.5. The molecule has 28 valence electrons. The topological polar surface area (TPSA) is 34.1 Å². The van der Waals surface area contributed by atoms with Gasteiger partial charge in [0, 0.05) is 0 Å². The zero-order valence-corrected chi connectivity index (χ0v) is 3.93. The van der Waals surface area contributed by atoms with Crippen LogP contribution in [0.3, 0.4) is 0 Å². The van der Waals surface area contributed by atoms with Crippen LogP contribution in [-0.2, 0) is 39.6 Å². The van der Waals surface area contributed by atoms with E-state index in [-0.39, 0.29) is 18.9 Å². The molecule has 0 atom stereocenters. The molecule has 5 heavy (non-hydrogen) atoms. The summed E-state index contributed by atoms with van der Waals surface area (Å²) >= 11 is 3.38. The third-order valence-electron chi connectivity index (χ3n) is 0. The monoisotopic (exact) mass is 150 g/mol. The van der Waals surface area contributed by atoms with Gasteiger partial charge in [0.1, 0.15) is 0 Å². The summed E-state index contributed by atoms with van der Waals surface area (Å²) in [5.41, 5.74) is 0.